The van der Waals surface area contributed by atoms with E-state index in [1.165, 1.54) is 6.33 Å². The molecule has 3 rings (SSSR count). The van der Waals surface area contributed by atoms with Crippen LogP contribution >= 0.6 is 0 Å². The number of aromatic nitrogens is 5. The summed E-state index contributed by atoms with van der Waals surface area (Å²) in [6, 6.07) is -0.455. The fraction of sp³-hybridized carbons (Fsp3) is 0.588. The molecule has 1 aliphatic heterocycles. The van der Waals surface area contributed by atoms with E-state index in [1.54, 1.807) is 0 Å². The molecule has 0 saturated heterocycles. The van der Waals surface area contributed by atoms with Gasteiger partial charge in [-0.15, -0.1) is 12.3 Å². The molecule has 10 nitrogen and oxygen atoms in total. The summed E-state index contributed by atoms with van der Waals surface area (Å²) in [6.45, 7) is 5.95. The first-order valence-electron chi connectivity index (χ1n) is 8.69. The molecular weight excluding hydrogens is 348 g/mol. The lowest BCUT2D eigenvalue weighted by atomic mass is 9.86. The van der Waals surface area contributed by atoms with Crippen molar-refractivity contribution in [1.29, 1.82) is 0 Å². The van der Waals surface area contributed by atoms with Crippen LogP contribution in [0.4, 0.5) is 0 Å². The minimum Gasteiger partial charge on any atom is -0.344 e. The highest BCUT2D eigenvalue weighted by molar-refractivity contribution is 5.76. The molecule has 0 radical (unpaired) electrons. The third kappa shape index (κ3) is 4.55. The Morgan fingerprint density at radius 2 is 2.19 bits per heavy atom. The van der Waals surface area contributed by atoms with Crippen LogP contribution in [0.3, 0.4) is 0 Å². The van der Waals surface area contributed by atoms with Crippen molar-refractivity contribution in [1.82, 2.24) is 30.6 Å². The molecule has 3 heterocycles. The minimum absolute atomic E-state index is 0.133. The number of amides is 1. The van der Waals surface area contributed by atoms with E-state index in [2.05, 4.69) is 46.8 Å². The maximum atomic E-state index is 12.5. The summed E-state index contributed by atoms with van der Waals surface area (Å²) in [5.74, 6) is 3.44. The predicted molar refractivity (Wildman–Crippen MR) is 94.9 cm³/mol. The van der Waals surface area contributed by atoms with Gasteiger partial charge in [0.05, 0.1) is 0 Å². The topological polar surface area (TPSA) is 134 Å². The molecule has 1 amide bonds. The van der Waals surface area contributed by atoms with Gasteiger partial charge in [0.15, 0.2) is 11.5 Å². The van der Waals surface area contributed by atoms with Crippen LogP contribution < -0.4 is 5.32 Å². The van der Waals surface area contributed by atoms with E-state index in [0.29, 0.717) is 31.0 Å². The SMILES string of the molecule is C#CCCC1(CCC(=O)NC(c2nc(-c3ncn[nH]3)no2)C(C)(C)C)N=N1. The second-order valence-corrected chi connectivity index (χ2v) is 7.54. The number of carbonyl (C=O) groups excluding carboxylic acids is 1. The number of rotatable bonds is 8. The number of H-pyrrole nitrogens is 1. The van der Waals surface area contributed by atoms with E-state index in [1.807, 2.05) is 20.8 Å². The zero-order valence-corrected chi connectivity index (χ0v) is 15.6. The third-order valence-corrected chi connectivity index (χ3v) is 4.29. The number of terminal acetylenes is 1. The number of carbonyl (C=O) groups is 1. The van der Waals surface area contributed by atoms with Gasteiger partial charge in [-0.1, -0.05) is 25.9 Å². The van der Waals surface area contributed by atoms with E-state index < -0.39 is 11.7 Å². The Morgan fingerprint density at radius 1 is 1.41 bits per heavy atom. The molecule has 0 aliphatic carbocycles. The molecule has 0 aromatic carbocycles. The van der Waals surface area contributed by atoms with E-state index in [0.717, 1.165) is 0 Å². The summed E-state index contributed by atoms with van der Waals surface area (Å²) >= 11 is 0. The van der Waals surface area contributed by atoms with Crippen LogP contribution in [0.15, 0.2) is 21.1 Å². The summed E-state index contributed by atoms with van der Waals surface area (Å²) < 4.78 is 5.37. The second-order valence-electron chi connectivity index (χ2n) is 7.54. The van der Waals surface area contributed by atoms with Gasteiger partial charge in [-0.05, 0) is 5.41 Å². The zero-order chi connectivity index (χ0) is 19.5. The fourth-order valence-electron chi connectivity index (χ4n) is 2.63. The highest BCUT2D eigenvalue weighted by atomic mass is 16.5. The first-order valence-corrected chi connectivity index (χ1v) is 8.69. The summed E-state index contributed by atoms with van der Waals surface area (Å²) in [5.41, 5.74) is -0.818. The molecule has 0 saturated carbocycles. The van der Waals surface area contributed by atoms with Crippen molar-refractivity contribution in [3.63, 3.8) is 0 Å². The van der Waals surface area contributed by atoms with Crippen LogP contribution in [0.1, 0.15) is 58.4 Å². The summed E-state index contributed by atoms with van der Waals surface area (Å²) in [4.78, 5) is 20.8. The van der Waals surface area contributed by atoms with Crippen molar-refractivity contribution in [3.8, 4) is 24.0 Å². The molecule has 142 valence electrons. The van der Waals surface area contributed by atoms with E-state index >= 15 is 0 Å². The van der Waals surface area contributed by atoms with Gasteiger partial charge in [0, 0.05) is 25.7 Å². The zero-order valence-electron chi connectivity index (χ0n) is 15.6. The van der Waals surface area contributed by atoms with E-state index in [4.69, 9.17) is 10.9 Å². The first kappa shape index (κ1) is 18.7. The summed E-state index contributed by atoms with van der Waals surface area (Å²) in [6.07, 6.45) is 8.72. The van der Waals surface area contributed by atoms with Gasteiger partial charge in [0.1, 0.15) is 12.4 Å². The maximum absolute atomic E-state index is 12.5. The first-order chi connectivity index (χ1) is 12.8. The van der Waals surface area contributed by atoms with Crippen LogP contribution in [0, 0.1) is 17.8 Å². The normalized spacial score (nSPS) is 15.9. The standard InChI is InChI=1S/C17H22N8O2/c1-5-6-8-17(24-25-17)9-7-11(26)20-12(16(2,3)4)15-21-14(23-27-15)13-18-10-19-22-13/h1,10,12H,6-9H2,2-4H3,(H,20,26)(H,18,19,22). The van der Waals surface area contributed by atoms with Crippen LogP contribution in [-0.2, 0) is 4.79 Å². The molecule has 2 aromatic rings. The highest BCUT2D eigenvalue weighted by Gasteiger charge is 2.40. The van der Waals surface area contributed by atoms with E-state index in [-0.39, 0.29) is 23.6 Å². The number of hydrogen-bond donors (Lipinski definition) is 2. The van der Waals surface area contributed by atoms with Gasteiger partial charge in [-0.25, -0.2) is 4.98 Å². The smallest absolute Gasteiger partial charge is 0.250 e. The molecule has 0 bridgehead atoms. The second kappa shape index (κ2) is 7.26. The lowest BCUT2D eigenvalue weighted by Crippen LogP contribution is -2.37. The lowest BCUT2D eigenvalue weighted by Gasteiger charge is -2.28. The number of aromatic amines is 1. The number of hydrogen-bond acceptors (Lipinski definition) is 8. The fourth-order valence-corrected chi connectivity index (χ4v) is 2.63. The van der Waals surface area contributed by atoms with Crippen molar-refractivity contribution in [3.05, 3.63) is 12.2 Å². The van der Waals surface area contributed by atoms with Gasteiger partial charge in [-0.3, -0.25) is 9.89 Å². The summed E-state index contributed by atoms with van der Waals surface area (Å²) in [7, 11) is 0. The Labute approximate surface area is 156 Å². The largest absolute Gasteiger partial charge is 0.344 e. The third-order valence-electron chi connectivity index (χ3n) is 4.29. The Kier molecular flexibility index (Phi) is 5.03. The van der Waals surface area contributed by atoms with Crippen LogP contribution in [0.5, 0.6) is 0 Å². The van der Waals surface area contributed by atoms with Crippen molar-refractivity contribution < 1.29 is 9.32 Å². The van der Waals surface area contributed by atoms with Crippen LogP contribution in [0.2, 0.25) is 0 Å². The Bertz CT molecular complexity index is 850. The molecule has 2 N–H and O–H groups in total. The molecular formula is C17H22N8O2. The van der Waals surface area contributed by atoms with Crippen molar-refractivity contribution >= 4 is 5.91 Å². The maximum Gasteiger partial charge on any atom is 0.250 e. The number of nitrogens with one attached hydrogen (secondary N) is 2. The highest BCUT2D eigenvalue weighted by Crippen LogP contribution is 2.38. The summed E-state index contributed by atoms with van der Waals surface area (Å²) in [5, 5.41) is 21.4. The van der Waals surface area contributed by atoms with Crippen molar-refractivity contribution in [2.45, 2.75) is 58.2 Å². The average Bonchev–Trinajstić information content (AvgIpc) is 3.03. The molecule has 1 atom stereocenters. The van der Waals surface area contributed by atoms with Crippen molar-refractivity contribution in [2.75, 3.05) is 0 Å². The molecule has 0 fully saturated rings. The molecule has 1 aliphatic rings. The van der Waals surface area contributed by atoms with Crippen LogP contribution in [0.25, 0.3) is 11.6 Å². The monoisotopic (exact) mass is 370 g/mol. The average molecular weight is 370 g/mol. The molecule has 1 unspecified atom stereocenters. The predicted octanol–water partition coefficient (Wildman–Crippen LogP) is 2.41. The number of nitrogens with zero attached hydrogens (tertiary/aromatic N) is 6. The molecule has 10 heteroatoms. The van der Waals surface area contributed by atoms with E-state index in [9.17, 15) is 4.79 Å². The Balaban J connectivity index is 1.64. The van der Waals surface area contributed by atoms with Gasteiger partial charge >= 0.3 is 0 Å². The quantitative estimate of drug-likeness (QED) is 0.685. The van der Waals surface area contributed by atoms with Gasteiger partial charge in [-0.2, -0.15) is 20.3 Å². The molecule has 2 aromatic heterocycles. The molecule has 0 spiro atoms. The minimum atomic E-state index is -0.481. The lowest BCUT2D eigenvalue weighted by molar-refractivity contribution is -0.123. The molecule has 27 heavy (non-hydrogen) atoms. The van der Waals surface area contributed by atoms with Gasteiger partial charge in [0.2, 0.25) is 17.6 Å². The van der Waals surface area contributed by atoms with Gasteiger partial charge < -0.3 is 9.84 Å². The Hall–Kier alpha value is -3.09. The van der Waals surface area contributed by atoms with Gasteiger partial charge in [0.25, 0.3) is 0 Å². The van der Waals surface area contributed by atoms with Crippen molar-refractivity contribution in [2.24, 2.45) is 15.6 Å². The Morgan fingerprint density at radius 3 is 2.78 bits per heavy atom. The van der Waals surface area contributed by atoms with Crippen LogP contribution in [-0.4, -0.2) is 36.9 Å².